The molecule has 0 fully saturated rings. The quantitative estimate of drug-likeness (QED) is 0.485. The highest BCUT2D eigenvalue weighted by Crippen LogP contribution is 2.23. The molecule has 2 N–H and O–H groups in total. The van der Waals surface area contributed by atoms with Crippen molar-refractivity contribution >= 4 is 23.3 Å². The number of nitrogens with zero attached hydrogens (tertiary/aromatic N) is 2. The molecular formula is C19H20N4O3. The minimum Gasteiger partial charge on any atom is -0.343 e. The number of aromatic nitrogens is 2. The Kier molecular flexibility index (Phi) is 5.58. The molecule has 0 spiro atoms. The van der Waals surface area contributed by atoms with Gasteiger partial charge in [0.05, 0.1) is 24.0 Å². The van der Waals surface area contributed by atoms with Crippen LogP contribution in [0.1, 0.15) is 37.8 Å². The molecule has 2 amide bonds. The second kappa shape index (κ2) is 7.66. The van der Waals surface area contributed by atoms with Gasteiger partial charge in [-0.2, -0.15) is 0 Å². The Hall–Kier alpha value is -3.40. The first-order valence-corrected chi connectivity index (χ1v) is 7.93. The van der Waals surface area contributed by atoms with Crippen LogP contribution in [0, 0.1) is 33.1 Å². The molecule has 0 radical (unpaired) electrons. The van der Waals surface area contributed by atoms with Gasteiger partial charge < -0.3 is 15.2 Å². The van der Waals surface area contributed by atoms with Crippen molar-refractivity contribution in [3.63, 3.8) is 0 Å². The second-order valence-electron chi connectivity index (χ2n) is 5.85. The average Bonchev–Trinajstić information content (AvgIpc) is 2.83. The zero-order valence-electron chi connectivity index (χ0n) is 15.1. The topological polar surface area (TPSA) is 93.1 Å². The lowest BCUT2D eigenvalue weighted by Gasteiger charge is -2.08. The molecule has 0 aliphatic heterocycles. The molecule has 7 nitrogen and oxygen atoms in total. The van der Waals surface area contributed by atoms with Crippen LogP contribution >= 0.6 is 0 Å². The summed E-state index contributed by atoms with van der Waals surface area (Å²) >= 11 is 0. The van der Waals surface area contributed by atoms with E-state index >= 15 is 0 Å². The van der Waals surface area contributed by atoms with E-state index in [1.807, 2.05) is 6.92 Å². The maximum Gasteiger partial charge on any atom is 0.293 e. The lowest BCUT2D eigenvalue weighted by atomic mass is 10.0. The van der Waals surface area contributed by atoms with Crippen molar-refractivity contribution in [2.24, 2.45) is 7.05 Å². The van der Waals surface area contributed by atoms with Crippen molar-refractivity contribution in [2.75, 3.05) is 11.9 Å². The molecule has 134 valence electrons. The fraction of sp³-hybridized carbons (Fsp3) is 0.263. The number of Topliss-reactive ketones (excluding diaryl/α,β-unsaturated/α-hetero) is 1. The van der Waals surface area contributed by atoms with E-state index in [4.69, 9.17) is 6.42 Å². The molecular weight excluding hydrogens is 332 g/mol. The fourth-order valence-electron chi connectivity index (χ4n) is 2.69. The molecule has 0 aromatic carbocycles. The molecule has 2 aromatic heterocycles. The number of carbonyl (C=O) groups is 3. The molecule has 0 saturated heterocycles. The Labute approximate surface area is 151 Å². The van der Waals surface area contributed by atoms with Gasteiger partial charge in [-0.05, 0) is 38.5 Å². The van der Waals surface area contributed by atoms with E-state index in [0.717, 1.165) is 5.69 Å². The average molecular weight is 352 g/mol. The van der Waals surface area contributed by atoms with Crippen molar-refractivity contribution in [1.29, 1.82) is 0 Å². The van der Waals surface area contributed by atoms with Gasteiger partial charge >= 0.3 is 0 Å². The molecule has 7 heteroatoms. The molecule has 0 aliphatic rings. The standard InChI is InChI=1S/C19H20N4O3/c1-6-9-20-19(26)17(24)15-12(3)16(23(5)13(15)4)18(25)22-14-8-7-11(2)21-10-14/h1,7-8,10H,9H2,2-5H3,(H,20,26)(H,22,25). The maximum absolute atomic E-state index is 12.7. The third kappa shape index (κ3) is 3.64. The third-order valence-electron chi connectivity index (χ3n) is 4.10. The summed E-state index contributed by atoms with van der Waals surface area (Å²) in [5, 5.41) is 5.09. The first-order chi connectivity index (χ1) is 12.3. The monoisotopic (exact) mass is 352 g/mol. The first-order valence-electron chi connectivity index (χ1n) is 7.93. The van der Waals surface area contributed by atoms with E-state index in [9.17, 15) is 14.4 Å². The van der Waals surface area contributed by atoms with Gasteiger partial charge in [0.1, 0.15) is 5.69 Å². The Morgan fingerprint density at radius 1 is 1.23 bits per heavy atom. The van der Waals surface area contributed by atoms with Gasteiger partial charge in [-0.25, -0.2) is 0 Å². The Balaban J connectivity index is 2.34. The highest BCUT2D eigenvalue weighted by Gasteiger charge is 2.28. The largest absolute Gasteiger partial charge is 0.343 e. The molecule has 0 saturated carbocycles. The van der Waals surface area contributed by atoms with Crippen molar-refractivity contribution in [1.82, 2.24) is 14.9 Å². The molecule has 0 aliphatic carbocycles. The van der Waals surface area contributed by atoms with Gasteiger partial charge in [-0.3, -0.25) is 19.4 Å². The highest BCUT2D eigenvalue weighted by atomic mass is 16.2. The number of carbonyl (C=O) groups excluding carboxylic acids is 3. The summed E-state index contributed by atoms with van der Waals surface area (Å²) in [6, 6.07) is 3.52. The number of hydrogen-bond acceptors (Lipinski definition) is 4. The second-order valence-corrected chi connectivity index (χ2v) is 5.85. The fourth-order valence-corrected chi connectivity index (χ4v) is 2.69. The van der Waals surface area contributed by atoms with Crippen LogP contribution in [0.5, 0.6) is 0 Å². The highest BCUT2D eigenvalue weighted by molar-refractivity contribution is 6.43. The van der Waals surface area contributed by atoms with Gasteiger partial charge in [-0.15, -0.1) is 6.42 Å². The van der Waals surface area contributed by atoms with Crippen LogP contribution in [-0.4, -0.2) is 33.7 Å². The van der Waals surface area contributed by atoms with E-state index in [1.54, 1.807) is 43.8 Å². The van der Waals surface area contributed by atoms with Crippen LogP contribution in [0.2, 0.25) is 0 Å². The van der Waals surface area contributed by atoms with Gasteiger partial charge in [0.2, 0.25) is 0 Å². The Bertz CT molecular complexity index is 918. The van der Waals surface area contributed by atoms with E-state index in [0.29, 0.717) is 22.6 Å². The zero-order chi connectivity index (χ0) is 19.4. The lowest BCUT2D eigenvalue weighted by Crippen LogP contribution is -2.31. The number of anilines is 1. The molecule has 2 rings (SSSR count). The van der Waals surface area contributed by atoms with Crippen LogP contribution < -0.4 is 10.6 Å². The molecule has 0 atom stereocenters. The Morgan fingerprint density at radius 2 is 1.92 bits per heavy atom. The summed E-state index contributed by atoms with van der Waals surface area (Å²) in [7, 11) is 1.67. The molecule has 0 unspecified atom stereocenters. The summed E-state index contributed by atoms with van der Waals surface area (Å²) in [5.41, 5.74) is 2.84. The predicted octanol–water partition coefficient (Wildman–Crippen LogP) is 1.53. The summed E-state index contributed by atoms with van der Waals surface area (Å²) in [4.78, 5) is 41.2. The Morgan fingerprint density at radius 3 is 2.50 bits per heavy atom. The van der Waals surface area contributed by atoms with E-state index in [2.05, 4.69) is 21.5 Å². The number of aryl methyl sites for hydroxylation is 1. The zero-order valence-corrected chi connectivity index (χ0v) is 15.1. The van der Waals surface area contributed by atoms with E-state index in [-0.39, 0.29) is 18.0 Å². The number of terminal acetylenes is 1. The minimum absolute atomic E-state index is 0.0384. The summed E-state index contributed by atoms with van der Waals surface area (Å²) in [6.45, 7) is 5.12. The van der Waals surface area contributed by atoms with Crippen molar-refractivity contribution in [3.8, 4) is 12.3 Å². The normalized spacial score (nSPS) is 10.1. The maximum atomic E-state index is 12.7. The number of pyridine rings is 1. The van der Waals surface area contributed by atoms with Crippen LogP contribution in [-0.2, 0) is 11.8 Å². The van der Waals surface area contributed by atoms with Gasteiger partial charge in [-0.1, -0.05) is 5.92 Å². The number of ketones is 1. The smallest absolute Gasteiger partial charge is 0.293 e. The number of nitrogens with one attached hydrogen (secondary N) is 2. The number of rotatable bonds is 5. The lowest BCUT2D eigenvalue weighted by molar-refractivity contribution is -0.116. The summed E-state index contributed by atoms with van der Waals surface area (Å²) < 4.78 is 1.59. The SMILES string of the molecule is C#CCNC(=O)C(=O)c1c(C)c(C(=O)Nc2ccc(C)nc2)n(C)c1C. The van der Waals surface area contributed by atoms with Gasteiger partial charge in [0.25, 0.3) is 17.6 Å². The van der Waals surface area contributed by atoms with Crippen LogP contribution in [0.4, 0.5) is 5.69 Å². The molecule has 2 aromatic rings. The minimum atomic E-state index is -0.797. The third-order valence-corrected chi connectivity index (χ3v) is 4.10. The van der Waals surface area contributed by atoms with E-state index < -0.39 is 11.7 Å². The molecule has 0 bridgehead atoms. The predicted molar refractivity (Wildman–Crippen MR) is 98.0 cm³/mol. The molecule has 26 heavy (non-hydrogen) atoms. The number of hydrogen-bond donors (Lipinski definition) is 2. The van der Waals surface area contributed by atoms with Crippen LogP contribution in [0.15, 0.2) is 18.3 Å². The van der Waals surface area contributed by atoms with Crippen LogP contribution in [0.25, 0.3) is 0 Å². The number of amides is 2. The van der Waals surface area contributed by atoms with Crippen molar-refractivity contribution in [3.05, 3.63) is 46.5 Å². The van der Waals surface area contributed by atoms with Crippen LogP contribution in [0.3, 0.4) is 0 Å². The summed E-state index contributed by atoms with van der Waals surface area (Å²) in [6.07, 6.45) is 6.64. The summed E-state index contributed by atoms with van der Waals surface area (Å²) in [5.74, 6) is 0.336. The molecule has 2 heterocycles. The first kappa shape index (κ1) is 18.9. The van der Waals surface area contributed by atoms with E-state index in [1.165, 1.54) is 0 Å². The van der Waals surface area contributed by atoms with Crippen molar-refractivity contribution < 1.29 is 14.4 Å². The van der Waals surface area contributed by atoms with Gasteiger partial charge in [0.15, 0.2) is 0 Å². The van der Waals surface area contributed by atoms with Crippen molar-refractivity contribution in [2.45, 2.75) is 20.8 Å². The van der Waals surface area contributed by atoms with Gasteiger partial charge in [0, 0.05) is 18.4 Å².